The van der Waals surface area contributed by atoms with E-state index >= 15 is 0 Å². The lowest BCUT2D eigenvalue weighted by Crippen LogP contribution is -2.63. The van der Waals surface area contributed by atoms with Crippen LogP contribution in [0.3, 0.4) is 0 Å². The van der Waals surface area contributed by atoms with Gasteiger partial charge in [0, 0.05) is 50.4 Å². The van der Waals surface area contributed by atoms with E-state index in [9.17, 15) is 4.21 Å². The predicted molar refractivity (Wildman–Crippen MR) is 108 cm³/mol. The van der Waals surface area contributed by atoms with Gasteiger partial charge >= 0.3 is 17.6 Å². The third kappa shape index (κ3) is 6.75. The Hall–Kier alpha value is 0.344. The molecule has 0 spiro atoms. The van der Waals surface area contributed by atoms with E-state index in [-0.39, 0.29) is 0 Å². The van der Waals surface area contributed by atoms with Gasteiger partial charge in [-0.1, -0.05) is 0 Å². The Labute approximate surface area is 164 Å². The second kappa shape index (κ2) is 13.5. The molecule has 0 amide bonds. The van der Waals surface area contributed by atoms with Crippen molar-refractivity contribution in [3.05, 3.63) is 0 Å². The van der Waals surface area contributed by atoms with Crippen LogP contribution in [-0.2, 0) is 37.4 Å². The lowest BCUT2D eigenvalue weighted by molar-refractivity contribution is 0.0684. The van der Waals surface area contributed by atoms with Gasteiger partial charge in [0.15, 0.2) is 0 Å². The Kier molecular flexibility index (Phi) is 13.7. The van der Waals surface area contributed by atoms with E-state index in [1.165, 1.54) is 0 Å². The van der Waals surface area contributed by atoms with E-state index in [0.717, 1.165) is 0 Å². The second-order valence-corrected chi connectivity index (χ2v) is 14.2. The smallest absolute Gasteiger partial charge is 0.373 e. The molecule has 2 unspecified atom stereocenters. The van der Waals surface area contributed by atoms with Gasteiger partial charge in [-0.2, -0.15) is 0 Å². The monoisotopic (exact) mass is 430 g/mol. The van der Waals surface area contributed by atoms with Crippen LogP contribution in [0, 0.1) is 0 Å². The molecule has 0 aliphatic rings. The summed E-state index contributed by atoms with van der Waals surface area (Å²) >= 11 is 0. The molecule has 0 aromatic carbocycles. The fourth-order valence-corrected chi connectivity index (χ4v) is 12.8. The highest BCUT2D eigenvalue weighted by Crippen LogP contribution is 2.27. The molecule has 2 atom stereocenters. The van der Waals surface area contributed by atoms with Crippen molar-refractivity contribution in [1.29, 1.82) is 0 Å². The fourth-order valence-electron chi connectivity index (χ4n) is 2.75. The maximum Gasteiger partial charge on any atom is 0.517 e. The van der Waals surface area contributed by atoms with Crippen molar-refractivity contribution in [2.45, 2.75) is 65.1 Å². The standard InChI is InChI=1S/C16H38O7SSi2/c1-9-18-25(19-10-2,20-11-3)15(7)24(17)16(8)26(21-12-4,22-13-5)23-14-6/h15-16H,9-14H2,1-8H3. The van der Waals surface area contributed by atoms with Crippen LogP contribution >= 0.6 is 0 Å². The molecule has 0 radical (unpaired) electrons. The predicted octanol–water partition coefficient (Wildman–Crippen LogP) is 2.69. The van der Waals surface area contributed by atoms with E-state index in [1.807, 2.05) is 55.4 Å². The summed E-state index contributed by atoms with van der Waals surface area (Å²) in [5.41, 5.74) is 0. The molecular weight excluding hydrogens is 392 g/mol. The Morgan fingerprint density at radius 1 is 0.577 bits per heavy atom. The summed E-state index contributed by atoms with van der Waals surface area (Å²) in [7, 11) is -7.62. The maximum atomic E-state index is 13.5. The average Bonchev–Trinajstić information content (AvgIpc) is 2.61. The Bertz CT molecular complexity index is 333. The van der Waals surface area contributed by atoms with E-state index in [2.05, 4.69) is 0 Å². The summed E-state index contributed by atoms with van der Waals surface area (Å²) in [6.07, 6.45) is 0. The molecule has 7 nitrogen and oxygen atoms in total. The van der Waals surface area contributed by atoms with Gasteiger partial charge in [-0.15, -0.1) is 0 Å². The van der Waals surface area contributed by atoms with Gasteiger partial charge in [-0.3, -0.25) is 4.21 Å². The minimum Gasteiger partial charge on any atom is -0.373 e. The van der Waals surface area contributed by atoms with Crippen LogP contribution in [0.1, 0.15) is 55.4 Å². The highest BCUT2D eigenvalue weighted by atomic mass is 32.2. The summed E-state index contributed by atoms with van der Waals surface area (Å²) in [4.78, 5) is -0.851. The first-order valence-corrected chi connectivity index (χ1v) is 14.4. The van der Waals surface area contributed by atoms with Crippen LogP contribution in [0.2, 0.25) is 0 Å². The van der Waals surface area contributed by atoms with Crippen LogP contribution in [0.5, 0.6) is 0 Å². The first kappa shape index (κ1) is 26.3. The maximum absolute atomic E-state index is 13.5. The van der Waals surface area contributed by atoms with Gasteiger partial charge in [-0.05, 0) is 55.4 Å². The summed E-state index contributed by atoms with van der Waals surface area (Å²) < 4.78 is 49.1. The van der Waals surface area contributed by atoms with Gasteiger partial charge in [0.2, 0.25) is 0 Å². The summed E-state index contributed by atoms with van der Waals surface area (Å²) in [6.45, 7) is 17.7. The fraction of sp³-hybridized carbons (Fsp3) is 1.00. The number of hydrogen-bond donors (Lipinski definition) is 0. The summed E-state index contributed by atoms with van der Waals surface area (Å²) in [6, 6.07) is 0. The third-order valence-electron chi connectivity index (χ3n) is 3.77. The molecule has 0 bridgehead atoms. The minimum absolute atomic E-state index is 0.425. The van der Waals surface area contributed by atoms with Crippen molar-refractivity contribution in [1.82, 2.24) is 0 Å². The molecular formula is C16H38O7SSi2. The van der Waals surface area contributed by atoms with Crippen molar-refractivity contribution in [3.8, 4) is 0 Å². The SMILES string of the molecule is CCO[Si](OCC)(OCC)C(C)S(=O)C(C)[Si](OCC)(OCC)OCC. The lowest BCUT2D eigenvalue weighted by atomic mass is 10.9. The molecule has 0 aliphatic heterocycles. The molecule has 0 rings (SSSR count). The molecule has 0 aliphatic carbocycles. The first-order valence-electron chi connectivity index (χ1n) is 9.57. The van der Waals surface area contributed by atoms with Gasteiger partial charge < -0.3 is 26.6 Å². The topological polar surface area (TPSA) is 72.5 Å². The van der Waals surface area contributed by atoms with Gasteiger partial charge in [0.05, 0.1) is 0 Å². The zero-order valence-electron chi connectivity index (χ0n) is 17.7. The van der Waals surface area contributed by atoms with Crippen molar-refractivity contribution < 1.29 is 30.8 Å². The zero-order valence-corrected chi connectivity index (χ0v) is 20.5. The van der Waals surface area contributed by atoms with Crippen molar-refractivity contribution in [2.24, 2.45) is 0 Å². The van der Waals surface area contributed by atoms with Gasteiger partial charge in [0.1, 0.15) is 9.75 Å². The van der Waals surface area contributed by atoms with E-state index in [0.29, 0.717) is 39.6 Å². The van der Waals surface area contributed by atoms with Crippen molar-refractivity contribution in [3.63, 3.8) is 0 Å². The summed E-state index contributed by atoms with van der Waals surface area (Å²) in [5, 5.41) is 0. The van der Waals surface area contributed by atoms with E-state index in [1.54, 1.807) is 0 Å². The third-order valence-corrected chi connectivity index (χ3v) is 14.4. The van der Waals surface area contributed by atoms with Gasteiger partial charge in [-0.25, -0.2) is 0 Å². The van der Waals surface area contributed by atoms with Crippen LogP contribution in [0.25, 0.3) is 0 Å². The molecule has 10 heteroatoms. The van der Waals surface area contributed by atoms with Crippen molar-refractivity contribution in [2.75, 3.05) is 39.6 Å². The van der Waals surface area contributed by atoms with E-state index < -0.39 is 38.2 Å². The highest BCUT2D eigenvalue weighted by Gasteiger charge is 2.57. The minimum atomic E-state index is -3.12. The average molecular weight is 431 g/mol. The Balaban J connectivity index is 5.76. The first-order chi connectivity index (χ1) is 12.3. The molecule has 0 saturated carbocycles. The molecule has 26 heavy (non-hydrogen) atoms. The lowest BCUT2D eigenvalue weighted by Gasteiger charge is -2.37. The normalized spacial score (nSPS) is 16.5. The number of rotatable bonds is 16. The molecule has 0 heterocycles. The van der Waals surface area contributed by atoms with Crippen molar-refractivity contribution >= 4 is 28.4 Å². The Morgan fingerprint density at radius 2 is 0.769 bits per heavy atom. The zero-order chi connectivity index (χ0) is 20.2. The van der Waals surface area contributed by atoms with Gasteiger partial charge in [0.25, 0.3) is 0 Å². The van der Waals surface area contributed by atoms with Crippen LogP contribution in [0.4, 0.5) is 0 Å². The Morgan fingerprint density at radius 3 is 0.923 bits per heavy atom. The van der Waals surface area contributed by atoms with Crippen LogP contribution in [0.15, 0.2) is 0 Å². The molecule has 0 saturated heterocycles. The van der Waals surface area contributed by atoms with E-state index in [4.69, 9.17) is 26.6 Å². The van der Waals surface area contributed by atoms with Crippen LogP contribution in [-0.4, -0.2) is 71.2 Å². The molecule has 0 aromatic heterocycles. The molecule has 0 N–H and O–H groups in total. The molecule has 158 valence electrons. The largest absolute Gasteiger partial charge is 0.517 e. The quantitative estimate of drug-likeness (QED) is 0.349. The second-order valence-electron chi connectivity index (χ2n) is 5.42. The summed E-state index contributed by atoms with van der Waals surface area (Å²) in [5.74, 6) is 0. The number of hydrogen-bond acceptors (Lipinski definition) is 7. The highest BCUT2D eigenvalue weighted by molar-refractivity contribution is 7.89. The van der Waals surface area contributed by atoms with Crippen LogP contribution < -0.4 is 0 Å². The molecule has 0 fully saturated rings. The molecule has 0 aromatic rings.